The zero-order valence-corrected chi connectivity index (χ0v) is 10.7. The van der Waals surface area contributed by atoms with Gasteiger partial charge in [0.1, 0.15) is 5.75 Å². The number of thioether (sulfide) groups is 1. The average molecular weight is 237 g/mol. The van der Waals surface area contributed by atoms with Crippen molar-refractivity contribution in [2.24, 2.45) is 0 Å². The Morgan fingerprint density at radius 2 is 2.06 bits per heavy atom. The molecule has 3 heteroatoms. The number of nitrogens with one attached hydrogen (secondary N) is 1. The Labute approximate surface area is 102 Å². The van der Waals surface area contributed by atoms with Crippen LogP contribution in [-0.2, 0) is 0 Å². The van der Waals surface area contributed by atoms with E-state index in [0.717, 1.165) is 24.1 Å². The van der Waals surface area contributed by atoms with E-state index in [4.69, 9.17) is 4.74 Å². The number of benzene rings is 1. The third-order valence-electron chi connectivity index (χ3n) is 2.51. The second-order valence-corrected chi connectivity index (χ2v) is 5.74. The number of hydrogen-bond donors (Lipinski definition) is 1. The van der Waals surface area contributed by atoms with E-state index in [0.29, 0.717) is 0 Å². The maximum atomic E-state index is 5.62. The van der Waals surface area contributed by atoms with E-state index in [-0.39, 0.29) is 6.10 Å². The summed E-state index contributed by atoms with van der Waals surface area (Å²) in [6, 6.07) is 8.43. The van der Waals surface area contributed by atoms with Crippen molar-refractivity contribution in [3.05, 3.63) is 24.3 Å². The highest BCUT2D eigenvalue weighted by Gasteiger charge is 2.15. The monoisotopic (exact) mass is 237 g/mol. The zero-order valence-electron chi connectivity index (χ0n) is 9.90. The zero-order chi connectivity index (χ0) is 11.4. The molecule has 1 aromatic rings. The molecule has 1 atom stereocenters. The molecule has 2 rings (SSSR count). The van der Waals surface area contributed by atoms with Gasteiger partial charge >= 0.3 is 0 Å². The summed E-state index contributed by atoms with van der Waals surface area (Å²) < 4.78 is 5.62. The Morgan fingerprint density at radius 1 is 1.31 bits per heavy atom. The van der Waals surface area contributed by atoms with Gasteiger partial charge in [-0.2, -0.15) is 0 Å². The molecular weight excluding hydrogens is 218 g/mol. The summed E-state index contributed by atoms with van der Waals surface area (Å²) in [6.07, 6.45) is 1.52. The Balaban J connectivity index is 1.90. The number of hydrogen-bond acceptors (Lipinski definition) is 3. The van der Waals surface area contributed by atoms with Crippen molar-refractivity contribution in [1.82, 2.24) is 5.32 Å². The van der Waals surface area contributed by atoms with Crippen LogP contribution in [0.3, 0.4) is 0 Å². The first-order chi connectivity index (χ1) is 7.74. The molecule has 1 aromatic carbocycles. The van der Waals surface area contributed by atoms with Gasteiger partial charge in [-0.05, 0) is 51.1 Å². The molecule has 0 bridgehead atoms. The second-order valence-electron chi connectivity index (χ2n) is 4.37. The van der Waals surface area contributed by atoms with Crippen molar-refractivity contribution < 1.29 is 4.74 Å². The summed E-state index contributed by atoms with van der Waals surface area (Å²) in [7, 11) is 0. The van der Waals surface area contributed by atoms with Crippen molar-refractivity contribution in [3.63, 3.8) is 0 Å². The van der Waals surface area contributed by atoms with E-state index in [2.05, 4.69) is 29.6 Å². The van der Waals surface area contributed by atoms with E-state index >= 15 is 0 Å². The molecule has 0 amide bonds. The first-order valence-corrected chi connectivity index (χ1v) is 6.76. The van der Waals surface area contributed by atoms with Crippen LogP contribution in [-0.4, -0.2) is 24.4 Å². The molecule has 2 nitrogen and oxygen atoms in total. The second kappa shape index (κ2) is 5.60. The highest BCUT2D eigenvalue weighted by atomic mass is 32.2. The lowest BCUT2D eigenvalue weighted by atomic mass is 10.3. The van der Waals surface area contributed by atoms with E-state index in [1.807, 2.05) is 25.6 Å². The number of ether oxygens (including phenoxy) is 1. The summed E-state index contributed by atoms with van der Waals surface area (Å²) >= 11 is 1.96. The smallest absolute Gasteiger partial charge is 0.119 e. The van der Waals surface area contributed by atoms with Crippen LogP contribution in [0.2, 0.25) is 0 Å². The highest BCUT2D eigenvalue weighted by molar-refractivity contribution is 8.00. The Kier molecular flexibility index (Phi) is 4.13. The minimum absolute atomic E-state index is 0.248. The molecule has 88 valence electrons. The molecule has 0 spiro atoms. The Bertz CT molecular complexity index is 317. The van der Waals surface area contributed by atoms with Crippen LogP contribution in [0, 0.1) is 0 Å². The van der Waals surface area contributed by atoms with E-state index < -0.39 is 0 Å². The minimum Gasteiger partial charge on any atom is -0.491 e. The molecule has 0 aliphatic carbocycles. The van der Waals surface area contributed by atoms with Gasteiger partial charge in [-0.25, -0.2) is 0 Å². The Morgan fingerprint density at radius 3 is 2.62 bits per heavy atom. The lowest BCUT2D eigenvalue weighted by Gasteiger charge is -2.11. The molecule has 1 N–H and O–H groups in total. The molecule has 1 unspecified atom stereocenters. The van der Waals surface area contributed by atoms with Crippen LogP contribution in [0.15, 0.2) is 29.2 Å². The predicted octanol–water partition coefficient (Wildman–Crippen LogP) is 2.93. The highest BCUT2D eigenvalue weighted by Crippen LogP contribution is 2.28. The van der Waals surface area contributed by atoms with Gasteiger partial charge in [-0.15, -0.1) is 11.8 Å². The van der Waals surface area contributed by atoms with Gasteiger partial charge in [0.05, 0.1) is 6.10 Å². The fraction of sp³-hybridized carbons (Fsp3) is 0.538. The fourth-order valence-corrected chi connectivity index (χ4v) is 2.91. The van der Waals surface area contributed by atoms with Crippen molar-refractivity contribution in [2.45, 2.75) is 36.5 Å². The van der Waals surface area contributed by atoms with Crippen LogP contribution in [0.25, 0.3) is 0 Å². The minimum atomic E-state index is 0.248. The molecule has 1 fully saturated rings. The average Bonchev–Trinajstić information content (AvgIpc) is 2.73. The van der Waals surface area contributed by atoms with Crippen LogP contribution < -0.4 is 10.1 Å². The quantitative estimate of drug-likeness (QED) is 0.870. The van der Waals surface area contributed by atoms with Crippen molar-refractivity contribution in [1.29, 1.82) is 0 Å². The number of rotatable bonds is 4. The molecule has 16 heavy (non-hydrogen) atoms. The van der Waals surface area contributed by atoms with E-state index in [1.165, 1.54) is 11.3 Å². The molecular formula is C13H19NOS. The lowest BCUT2D eigenvalue weighted by Crippen LogP contribution is -2.09. The standard InChI is InChI=1S/C13H19NOS/c1-10(2)15-11-3-5-12(6-4-11)16-13-7-8-14-9-13/h3-6,10,13-14H,7-9H2,1-2H3. The largest absolute Gasteiger partial charge is 0.491 e. The molecule has 1 saturated heterocycles. The van der Waals surface area contributed by atoms with Crippen LogP contribution in [0.1, 0.15) is 20.3 Å². The summed E-state index contributed by atoms with van der Waals surface area (Å²) in [5.74, 6) is 0.962. The van der Waals surface area contributed by atoms with Gasteiger partial charge in [-0.3, -0.25) is 0 Å². The lowest BCUT2D eigenvalue weighted by molar-refractivity contribution is 0.242. The van der Waals surface area contributed by atoms with Gasteiger partial charge in [0.25, 0.3) is 0 Å². The Hall–Kier alpha value is -0.670. The first kappa shape index (κ1) is 11.8. The molecule has 1 heterocycles. The molecule has 1 aliphatic rings. The third-order valence-corrected chi connectivity index (χ3v) is 3.79. The summed E-state index contributed by atoms with van der Waals surface area (Å²) in [6.45, 7) is 6.39. The van der Waals surface area contributed by atoms with E-state index in [9.17, 15) is 0 Å². The predicted molar refractivity (Wildman–Crippen MR) is 69.3 cm³/mol. The van der Waals surface area contributed by atoms with Crippen molar-refractivity contribution in [2.75, 3.05) is 13.1 Å². The molecule has 0 saturated carbocycles. The van der Waals surface area contributed by atoms with Gasteiger partial charge in [0, 0.05) is 16.7 Å². The topological polar surface area (TPSA) is 21.3 Å². The maximum Gasteiger partial charge on any atom is 0.119 e. The summed E-state index contributed by atoms with van der Waals surface area (Å²) in [5, 5.41) is 4.12. The fourth-order valence-electron chi connectivity index (χ4n) is 1.79. The van der Waals surface area contributed by atoms with Gasteiger partial charge in [-0.1, -0.05) is 0 Å². The van der Waals surface area contributed by atoms with Gasteiger partial charge < -0.3 is 10.1 Å². The van der Waals surface area contributed by atoms with E-state index in [1.54, 1.807) is 0 Å². The molecule has 0 aromatic heterocycles. The maximum absolute atomic E-state index is 5.62. The SMILES string of the molecule is CC(C)Oc1ccc(SC2CCNC2)cc1. The third kappa shape index (κ3) is 3.42. The van der Waals surface area contributed by atoms with Crippen LogP contribution in [0.5, 0.6) is 5.75 Å². The van der Waals surface area contributed by atoms with Crippen molar-refractivity contribution >= 4 is 11.8 Å². The molecule has 1 aliphatic heterocycles. The summed E-state index contributed by atoms with van der Waals surface area (Å²) in [5.41, 5.74) is 0. The first-order valence-electron chi connectivity index (χ1n) is 5.88. The normalized spacial score (nSPS) is 20.3. The van der Waals surface area contributed by atoms with Crippen molar-refractivity contribution in [3.8, 4) is 5.75 Å². The van der Waals surface area contributed by atoms with Gasteiger partial charge in [0.2, 0.25) is 0 Å². The summed E-state index contributed by atoms with van der Waals surface area (Å²) in [4.78, 5) is 1.34. The van der Waals surface area contributed by atoms with Crippen LogP contribution >= 0.6 is 11.8 Å². The molecule has 0 radical (unpaired) electrons. The van der Waals surface area contributed by atoms with Gasteiger partial charge in [0.15, 0.2) is 0 Å². The van der Waals surface area contributed by atoms with Crippen LogP contribution in [0.4, 0.5) is 0 Å².